The molecule has 0 spiro atoms. The summed E-state index contributed by atoms with van der Waals surface area (Å²) in [5.41, 5.74) is 9.69. The number of fused-ring (bicyclic) bond motifs is 3. The second-order valence-electron chi connectivity index (χ2n) is 17.3. The molecule has 14 heteroatoms. The Morgan fingerprint density at radius 1 is 0.950 bits per heavy atom. The summed E-state index contributed by atoms with van der Waals surface area (Å²) < 4.78 is 2.15. The van der Waals surface area contributed by atoms with E-state index in [2.05, 4.69) is 75.4 Å². The Labute approximate surface area is 360 Å². The number of aryl methyl sites for hydroxylation is 4. The average Bonchev–Trinajstić information content (AvgIpc) is 3.98. The Morgan fingerprint density at radius 2 is 1.65 bits per heavy atom. The van der Waals surface area contributed by atoms with Crippen molar-refractivity contribution in [1.29, 1.82) is 0 Å². The SMILES string of the molecule is Cc1ncsc1-c1ccc([C@H](C)NC(=O)[C@@H]2C[C@@H](O)CN2C(=O)[C@@H](NC(=O)CCCCc2ccc(C3=N[C@@H](C)c4nnc(C)n4-c4sc(C)c(C)c43)cc2)C(C)(C)C)cc1. The monoisotopic (exact) mass is 848 g/mol. The van der Waals surface area contributed by atoms with Crippen molar-refractivity contribution in [3.8, 4) is 15.4 Å². The molecule has 2 aromatic carbocycles. The number of aromatic nitrogens is 4. The zero-order valence-electron chi connectivity index (χ0n) is 36.0. The maximum Gasteiger partial charge on any atom is 0.246 e. The molecule has 3 amide bonds. The number of carbonyl (C=O) groups excluding carboxylic acids is 3. The van der Waals surface area contributed by atoms with Crippen molar-refractivity contribution >= 4 is 46.1 Å². The maximum atomic E-state index is 14.2. The number of β-amino-alcohol motifs (C(OH)–C–C–N with tert-alkyl or cyclic N) is 1. The lowest BCUT2D eigenvalue weighted by molar-refractivity contribution is -0.144. The summed E-state index contributed by atoms with van der Waals surface area (Å²) >= 11 is 3.33. The Hall–Kier alpha value is -5.05. The first-order valence-electron chi connectivity index (χ1n) is 20.8. The molecule has 2 aliphatic rings. The number of thiazole rings is 1. The number of nitrogens with zero attached hydrogens (tertiary/aromatic N) is 6. The minimum absolute atomic E-state index is 0.0255. The first kappa shape index (κ1) is 43.1. The van der Waals surface area contributed by atoms with Crippen LogP contribution in [0.1, 0.15) is 122 Å². The summed E-state index contributed by atoms with van der Waals surface area (Å²) in [5.74, 6) is 0.784. The highest BCUT2D eigenvalue weighted by Crippen LogP contribution is 2.39. The van der Waals surface area contributed by atoms with Crippen molar-refractivity contribution in [2.45, 2.75) is 125 Å². The van der Waals surface area contributed by atoms with E-state index >= 15 is 0 Å². The Bertz CT molecular complexity index is 2410. The van der Waals surface area contributed by atoms with Crippen LogP contribution in [-0.4, -0.2) is 77.9 Å². The van der Waals surface area contributed by atoms with Crippen LogP contribution in [-0.2, 0) is 20.8 Å². The van der Waals surface area contributed by atoms with E-state index in [1.165, 1.54) is 20.9 Å². The first-order chi connectivity index (χ1) is 28.5. The van der Waals surface area contributed by atoms with Gasteiger partial charge in [-0.3, -0.25) is 23.9 Å². The van der Waals surface area contributed by atoms with Gasteiger partial charge < -0.3 is 20.6 Å². The summed E-state index contributed by atoms with van der Waals surface area (Å²) in [5, 5.41) is 26.7. The highest BCUT2D eigenvalue weighted by molar-refractivity contribution is 7.15. The minimum atomic E-state index is -0.872. The molecule has 2 aliphatic heterocycles. The van der Waals surface area contributed by atoms with Crippen LogP contribution < -0.4 is 10.6 Å². The number of hydrogen-bond donors (Lipinski definition) is 3. The molecule has 0 unspecified atom stereocenters. The quantitative estimate of drug-likeness (QED) is 0.109. The van der Waals surface area contributed by atoms with Crippen LogP contribution in [0.25, 0.3) is 15.4 Å². The van der Waals surface area contributed by atoms with Gasteiger partial charge in [0.1, 0.15) is 29.0 Å². The average molecular weight is 849 g/mol. The van der Waals surface area contributed by atoms with Gasteiger partial charge in [0.05, 0.1) is 33.9 Å². The van der Waals surface area contributed by atoms with Crippen LogP contribution in [0.15, 0.2) is 59.0 Å². The van der Waals surface area contributed by atoms with Crippen LogP contribution in [0.5, 0.6) is 0 Å². The van der Waals surface area contributed by atoms with Crippen molar-refractivity contribution in [3.63, 3.8) is 0 Å². The molecule has 5 aromatic rings. The third-order valence-electron chi connectivity index (χ3n) is 11.8. The number of carbonyl (C=O) groups is 3. The first-order valence-corrected chi connectivity index (χ1v) is 22.5. The molecule has 1 saturated heterocycles. The molecule has 5 heterocycles. The van der Waals surface area contributed by atoms with Crippen molar-refractivity contribution in [1.82, 2.24) is 35.3 Å². The predicted molar refractivity (Wildman–Crippen MR) is 238 cm³/mol. The molecule has 3 aromatic heterocycles. The molecular weight excluding hydrogens is 793 g/mol. The van der Waals surface area contributed by atoms with Gasteiger partial charge in [-0.1, -0.05) is 69.3 Å². The highest BCUT2D eigenvalue weighted by Gasteiger charge is 2.44. The van der Waals surface area contributed by atoms with Crippen LogP contribution in [0.4, 0.5) is 0 Å². The van der Waals surface area contributed by atoms with Gasteiger partial charge in [0.25, 0.3) is 0 Å². The predicted octanol–water partition coefficient (Wildman–Crippen LogP) is 7.68. The number of rotatable bonds is 12. The molecule has 7 rings (SSSR count). The highest BCUT2D eigenvalue weighted by atomic mass is 32.1. The molecule has 0 radical (unpaired) electrons. The third-order valence-corrected chi connectivity index (χ3v) is 13.9. The molecule has 0 bridgehead atoms. The third kappa shape index (κ3) is 8.87. The molecule has 3 N–H and O–H groups in total. The number of aliphatic hydroxyl groups is 1. The minimum Gasteiger partial charge on any atom is -0.391 e. The van der Waals surface area contributed by atoms with Gasteiger partial charge in [-0.25, -0.2) is 4.98 Å². The fourth-order valence-corrected chi connectivity index (χ4v) is 10.2. The molecule has 1 fully saturated rings. The number of nitrogens with one attached hydrogen (secondary N) is 2. The number of thiophene rings is 1. The fraction of sp³-hybridized carbons (Fsp3) is 0.457. The van der Waals surface area contributed by atoms with Crippen LogP contribution in [0.2, 0.25) is 0 Å². The number of hydrogen-bond acceptors (Lipinski definition) is 10. The Kier molecular flexibility index (Phi) is 12.6. The number of likely N-dealkylation sites (tertiary alicyclic amines) is 1. The topological polar surface area (TPSA) is 155 Å². The van der Waals surface area contributed by atoms with Crippen molar-refractivity contribution in [2.24, 2.45) is 10.4 Å². The molecule has 316 valence electrons. The zero-order valence-corrected chi connectivity index (χ0v) is 37.6. The van der Waals surface area contributed by atoms with Gasteiger partial charge in [-0.15, -0.1) is 32.9 Å². The maximum absolute atomic E-state index is 14.2. The zero-order chi connectivity index (χ0) is 43.0. The van der Waals surface area contributed by atoms with Crippen LogP contribution >= 0.6 is 22.7 Å². The smallest absolute Gasteiger partial charge is 0.246 e. The van der Waals surface area contributed by atoms with E-state index in [0.29, 0.717) is 6.42 Å². The number of aliphatic hydroxyl groups excluding tert-OH is 1. The second-order valence-corrected chi connectivity index (χ2v) is 19.4. The Balaban J connectivity index is 0.936. The van der Waals surface area contributed by atoms with E-state index in [4.69, 9.17) is 4.99 Å². The molecule has 0 aliphatic carbocycles. The van der Waals surface area contributed by atoms with Gasteiger partial charge in [-0.2, -0.15) is 0 Å². The van der Waals surface area contributed by atoms with Crippen LogP contribution in [0, 0.1) is 33.1 Å². The van der Waals surface area contributed by atoms with Gasteiger partial charge in [0.2, 0.25) is 17.7 Å². The fourth-order valence-electron chi connectivity index (χ4n) is 8.17. The van der Waals surface area contributed by atoms with Crippen molar-refractivity contribution < 1.29 is 19.5 Å². The van der Waals surface area contributed by atoms with E-state index in [0.717, 1.165) is 68.0 Å². The Morgan fingerprint density at radius 3 is 2.32 bits per heavy atom. The van der Waals surface area contributed by atoms with Gasteiger partial charge in [0.15, 0.2) is 5.82 Å². The van der Waals surface area contributed by atoms with Crippen molar-refractivity contribution in [3.05, 3.63) is 104 Å². The number of amides is 3. The normalized spacial score (nSPS) is 18.6. The summed E-state index contributed by atoms with van der Waals surface area (Å²) in [4.78, 5) is 54.5. The summed E-state index contributed by atoms with van der Waals surface area (Å²) in [7, 11) is 0. The molecule has 0 saturated carbocycles. The summed E-state index contributed by atoms with van der Waals surface area (Å²) in [6.45, 7) is 17.9. The summed E-state index contributed by atoms with van der Waals surface area (Å²) in [6, 6.07) is 14.4. The van der Waals surface area contributed by atoms with Crippen LogP contribution in [0.3, 0.4) is 0 Å². The lowest BCUT2D eigenvalue weighted by Crippen LogP contribution is -2.57. The van der Waals surface area contributed by atoms with E-state index in [1.807, 2.05) is 71.3 Å². The van der Waals surface area contributed by atoms with E-state index < -0.39 is 23.6 Å². The van der Waals surface area contributed by atoms with E-state index in [-0.39, 0.29) is 49.2 Å². The standard InChI is InChI=1S/C46H56N8O4S2/c1-25-29(5)60-45-38(25)39(48-28(4)42-52-51-30(6)54(42)45)33-16-14-31(15-17-33)12-10-11-13-37(56)50-41(46(7,8)9)44(58)53-23-35(55)22-36(53)43(57)49-26(2)32-18-20-34(21-19-32)40-27(3)47-24-59-40/h14-21,24,26,28,35-36,41,55H,10-13,22-23H2,1-9H3,(H,49,57)(H,50,56)/t26-,28-,35+,36-,41+/m0/s1. The van der Waals surface area contributed by atoms with Crippen molar-refractivity contribution in [2.75, 3.05) is 6.54 Å². The van der Waals surface area contributed by atoms with E-state index in [1.54, 1.807) is 22.7 Å². The second kappa shape index (κ2) is 17.5. The largest absolute Gasteiger partial charge is 0.391 e. The molecular formula is C46H56N8O4S2. The van der Waals surface area contributed by atoms with Gasteiger partial charge in [0, 0.05) is 35.4 Å². The number of aliphatic imine (C=N–C) groups is 1. The lowest BCUT2D eigenvalue weighted by Gasteiger charge is -2.35. The summed E-state index contributed by atoms with van der Waals surface area (Å²) in [6.07, 6.45) is 1.80. The van der Waals surface area contributed by atoms with Gasteiger partial charge >= 0.3 is 0 Å². The molecule has 60 heavy (non-hydrogen) atoms. The lowest BCUT2D eigenvalue weighted by atomic mass is 9.85. The van der Waals surface area contributed by atoms with Gasteiger partial charge in [-0.05, 0) is 88.5 Å². The molecule has 12 nitrogen and oxygen atoms in total. The van der Waals surface area contributed by atoms with E-state index in [9.17, 15) is 19.5 Å². The molecule has 5 atom stereocenters. The number of benzene rings is 2. The number of unbranched alkanes of at least 4 members (excludes halogenated alkanes) is 1.